The molecule has 5 heteroatoms. The molecule has 0 fully saturated rings. The maximum atomic E-state index is 5.98. The summed E-state index contributed by atoms with van der Waals surface area (Å²) in [6.07, 6.45) is 2.66. The molecule has 20 heavy (non-hydrogen) atoms. The number of rotatable bonds is 10. The van der Waals surface area contributed by atoms with Gasteiger partial charge in [-0.05, 0) is 25.8 Å². The quantitative estimate of drug-likeness (QED) is 0.378. The van der Waals surface area contributed by atoms with Crippen molar-refractivity contribution in [3.63, 3.8) is 0 Å². The summed E-state index contributed by atoms with van der Waals surface area (Å²) < 4.78 is 17.7. The molecule has 0 heterocycles. The number of hydrogen-bond acceptors (Lipinski definition) is 3. The van der Waals surface area contributed by atoms with Gasteiger partial charge in [-0.2, -0.15) is 0 Å². The Bertz CT molecular complexity index is 353. The van der Waals surface area contributed by atoms with E-state index in [2.05, 4.69) is 18.7 Å². The van der Waals surface area contributed by atoms with E-state index in [1.807, 2.05) is 38.1 Å². The van der Waals surface area contributed by atoms with Gasteiger partial charge in [0.05, 0.1) is 0 Å². The zero-order valence-corrected chi connectivity index (χ0v) is 15.9. The minimum atomic E-state index is -2.62. The van der Waals surface area contributed by atoms with E-state index in [1.54, 1.807) is 0 Å². The van der Waals surface area contributed by atoms with Crippen molar-refractivity contribution in [2.24, 2.45) is 0 Å². The molecular weight excluding hydrogens is 279 g/mol. The summed E-state index contributed by atoms with van der Waals surface area (Å²) in [5, 5.41) is 0. The number of benzene rings is 1. The fraction of sp³-hybridized carbons (Fsp3) is 0.467. The maximum absolute atomic E-state index is 5.98. The van der Waals surface area contributed by atoms with Crippen LogP contribution < -0.4 is 0 Å². The van der Waals surface area contributed by atoms with Crippen LogP contribution in [-0.2, 0) is 19.3 Å². The predicted octanol–water partition coefficient (Wildman–Crippen LogP) is 2.99. The van der Waals surface area contributed by atoms with Gasteiger partial charge in [0.2, 0.25) is 0 Å². The van der Waals surface area contributed by atoms with Crippen LogP contribution in [0.15, 0.2) is 43.0 Å². The van der Waals surface area contributed by atoms with Crippen LogP contribution >= 0.6 is 0 Å². The largest absolute Gasteiger partial charge is 0.505 e. The van der Waals surface area contributed by atoms with Gasteiger partial charge in [-0.3, -0.25) is 0 Å². The minimum absolute atomic E-state index is 0. The molecular formula is C15H24NaO3Si. The monoisotopic (exact) mass is 303 g/mol. The van der Waals surface area contributed by atoms with Crippen LogP contribution in [0.1, 0.15) is 25.8 Å². The van der Waals surface area contributed by atoms with Gasteiger partial charge in [0.15, 0.2) is 0 Å². The maximum Gasteiger partial charge on any atom is 0.505 e. The van der Waals surface area contributed by atoms with Crippen molar-refractivity contribution in [1.29, 1.82) is 0 Å². The van der Waals surface area contributed by atoms with Crippen molar-refractivity contribution in [2.45, 2.75) is 26.3 Å². The van der Waals surface area contributed by atoms with Crippen LogP contribution in [0.4, 0.5) is 0 Å². The molecule has 3 nitrogen and oxygen atoms in total. The van der Waals surface area contributed by atoms with Crippen molar-refractivity contribution < 1.29 is 13.3 Å². The second kappa shape index (κ2) is 11.7. The topological polar surface area (TPSA) is 27.7 Å². The normalized spacial score (nSPS) is 10.9. The van der Waals surface area contributed by atoms with Gasteiger partial charge in [0.1, 0.15) is 0 Å². The molecule has 0 bridgehead atoms. The molecule has 0 saturated carbocycles. The second-order valence-corrected chi connectivity index (χ2v) is 6.72. The van der Waals surface area contributed by atoms with Crippen LogP contribution in [0.2, 0.25) is 0 Å². The third-order valence-corrected chi connectivity index (χ3v) is 5.58. The Hall–Kier alpha value is 0.0569. The summed E-state index contributed by atoms with van der Waals surface area (Å²) in [5.41, 5.74) is 1.19. The van der Waals surface area contributed by atoms with Gasteiger partial charge in [0.25, 0.3) is 0 Å². The summed E-state index contributed by atoms with van der Waals surface area (Å²) in [6.45, 7) is 9.47. The van der Waals surface area contributed by atoms with Gasteiger partial charge < -0.3 is 13.3 Å². The molecule has 0 spiro atoms. The third-order valence-electron chi connectivity index (χ3n) is 2.64. The van der Waals surface area contributed by atoms with Crippen LogP contribution in [0.5, 0.6) is 0 Å². The van der Waals surface area contributed by atoms with Crippen molar-refractivity contribution in [2.75, 3.05) is 19.8 Å². The zero-order chi connectivity index (χ0) is 14.0. The Balaban J connectivity index is 0.00000361. The second-order valence-electron chi connectivity index (χ2n) is 4.14. The van der Waals surface area contributed by atoms with Crippen LogP contribution in [0.3, 0.4) is 0 Å². The first-order valence-corrected chi connectivity index (χ1v) is 8.76. The molecule has 1 aromatic rings. The third kappa shape index (κ3) is 7.18. The molecule has 0 atom stereocenters. The van der Waals surface area contributed by atoms with E-state index in [4.69, 9.17) is 13.3 Å². The van der Waals surface area contributed by atoms with Gasteiger partial charge >= 0.3 is 8.80 Å². The van der Waals surface area contributed by atoms with Crippen LogP contribution in [-0.4, -0.2) is 58.2 Å². The Morgan fingerprint density at radius 2 is 1.65 bits per heavy atom. The van der Waals surface area contributed by atoms with E-state index in [1.165, 1.54) is 5.56 Å². The summed E-state index contributed by atoms with van der Waals surface area (Å²) in [4.78, 5) is 0. The summed E-state index contributed by atoms with van der Waals surface area (Å²) in [5.74, 6) is 0. The van der Waals surface area contributed by atoms with Crippen molar-refractivity contribution in [1.82, 2.24) is 0 Å². The van der Waals surface area contributed by atoms with E-state index in [0.29, 0.717) is 25.9 Å². The molecule has 0 aromatic heterocycles. The SMILES string of the molecule is C=CCCO[Si](Cc1ccccc1)(OCC)OCC.[Na]. The van der Waals surface area contributed by atoms with Crippen LogP contribution in [0, 0.1) is 0 Å². The predicted molar refractivity (Wildman–Crippen MR) is 85.7 cm³/mol. The molecule has 0 N–H and O–H groups in total. The molecule has 107 valence electrons. The fourth-order valence-electron chi connectivity index (χ4n) is 1.86. The first-order valence-electron chi connectivity index (χ1n) is 6.83. The van der Waals surface area contributed by atoms with Gasteiger partial charge in [-0.25, -0.2) is 0 Å². The van der Waals surface area contributed by atoms with Crippen LogP contribution in [0.25, 0.3) is 0 Å². The van der Waals surface area contributed by atoms with E-state index >= 15 is 0 Å². The minimum Gasteiger partial charge on any atom is -0.374 e. The van der Waals surface area contributed by atoms with E-state index in [-0.39, 0.29) is 29.6 Å². The van der Waals surface area contributed by atoms with Gasteiger partial charge in [0, 0.05) is 55.4 Å². The average Bonchev–Trinajstić information content (AvgIpc) is 2.41. The standard InChI is InChI=1S/C15H24O3Si.Na/c1-4-7-13-18-19(16-5-2,17-6-3)14-15-11-9-8-10-12-15;/h4,8-12H,1,5-7,13-14H2,2-3H3;. The molecule has 0 unspecified atom stereocenters. The van der Waals surface area contributed by atoms with Crippen molar-refractivity contribution >= 4 is 38.4 Å². The van der Waals surface area contributed by atoms with Crippen molar-refractivity contribution in [3.8, 4) is 0 Å². The smallest absolute Gasteiger partial charge is 0.374 e. The molecule has 1 rings (SSSR count). The summed E-state index contributed by atoms with van der Waals surface area (Å²) >= 11 is 0. The first-order chi connectivity index (χ1) is 9.26. The molecule has 1 radical (unpaired) electrons. The molecule has 0 aliphatic carbocycles. The van der Waals surface area contributed by atoms with Gasteiger partial charge in [-0.15, -0.1) is 6.58 Å². The molecule has 0 aliphatic heterocycles. The zero-order valence-electron chi connectivity index (χ0n) is 12.9. The molecule has 0 aliphatic rings. The Kier molecular flexibility index (Phi) is 11.7. The molecule has 0 saturated heterocycles. The van der Waals surface area contributed by atoms with Gasteiger partial charge in [-0.1, -0.05) is 36.4 Å². The molecule has 1 aromatic carbocycles. The van der Waals surface area contributed by atoms with E-state index < -0.39 is 8.80 Å². The summed E-state index contributed by atoms with van der Waals surface area (Å²) in [7, 11) is -2.62. The Morgan fingerprint density at radius 3 is 2.15 bits per heavy atom. The molecule has 0 amide bonds. The van der Waals surface area contributed by atoms with E-state index in [0.717, 1.165) is 6.42 Å². The first kappa shape index (κ1) is 20.1. The average molecular weight is 303 g/mol. The fourth-order valence-corrected chi connectivity index (χ4v) is 4.46. The Labute approximate surface area is 146 Å². The Morgan fingerprint density at radius 1 is 1.05 bits per heavy atom. The van der Waals surface area contributed by atoms with E-state index in [9.17, 15) is 0 Å². The number of hydrogen-bond donors (Lipinski definition) is 0. The summed E-state index contributed by atoms with van der Waals surface area (Å²) in [6, 6.07) is 10.9. The van der Waals surface area contributed by atoms with Crippen molar-refractivity contribution in [3.05, 3.63) is 48.6 Å².